The van der Waals surface area contributed by atoms with Crippen molar-refractivity contribution < 1.29 is 31.1 Å². The Hall–Kier alpha value is -1.65. The fraction of sp³-hybridized carbons (Fsp3) is 0.500. The molecule has 0 aromatic heterocycles. The number of rotatable bonds is 8. The topological polar surface area (TPSA) is 84.5 Å². The summed E-state index contributed by atoms with van der Waals surface area (Å²) in [7, 11) is -3.65. The summed E-state index contributed by atoms with van der Waals surface area (Å²) in [5.41, 5.74) is 0.189. The van der Waals surface area contributed by atoms with Crippen LogP contribution in [0.25, 0.3) is 0 Å². The predicted octanol–water partition coefficient (Wildman–Crippen LogP) is 1.68. The van der Waals surface area contributed by atoms with Gasteiger partial charge in [0, 0.05) is 18.2 Å². The van der Waals surface area contributed by atoms with Crippen molar-refractivity contribution in [1.82, 2.24) is 10.0 Å². The maximum Gasteiger partial charge on any atom is 0.411 e. The van der Waals surface area contributed by atoms with Crippen molar-refractivity contribution in [3.05, 3.63) is 29.8 Å². The monoisotopic (exact) mass is 368 g/mol. The van der Waals surface area contributed by atoms with Crippen molar-refractivity contribution in [3.8, 4) is 0 Å². The molecule has 1 amide bonds. The Balaban J connectivity index is 2.52. The van der Waals surface area contributed by atoms with Gasteiger partial charge in [0.1, 0.15) is 6.61 Å². The van der Waals surface area contributed by atoms with Crippen molar-refractivity contribution in [1.29, 1.82) is 0 Å². The summed E-state index contributed by atoms with van der Waals surface area (Å²) in [6.45, 7) is 1.61. The fourth-order valence-corrected chi connectivity index (χ4v) is 2.94. The Morgan fingerprint density at radius 2 is 1.79 bits per heavy atom. The molecule has 0 aliphatic heterocycles. The highest BCUT2D eigenvalue weighted by atomic mass is 32.2. The van der Waals surface area contributed by atoms with Crippen LogP contribution in [0.4, 0.5) is 13.2 Å². The molecule has 0 heterocycles. The van der Waals surface area contributed by atoms with Gasteiger partial charge in [-0.05, 0) is 38.1 Å². The third-order valence-corrected chi connectivity index (χ3v) is 4.29. The van der Waals surface area contributed by atoms with Crippen LogP contribution < -0.4 is 10.0 Å². The van der Waals surface area contributed by atoms with Crippen LogP contribution in [0.1, 0.15) is 24.2 Å². The number of benzene rings is 1. The first-order chi connectivity index (χ1) is 11.0. The molecule has 0 saturated heterocycles. The summed E-state index contributed by atoms with van der Waals surface area (Å²) < 4.78 is 66.2. The molecule has 0 saturated carbocycles. The SMILES string of the molecule is CC(C)NS(=O)(=O)c1ccc(C(=O)NCCOCC(F)(F)F)cc1. The normalized spacial score (nSPS) is 12.4. The van der Waals surface area contributed by atoms with E-state index < -0.39 is 28.7 Å². The van der Waals surface area contributed by atoms with Gasteiger partial charge < -0.3 is 10.1 Å². The second kappa shape index (κ2) is 8.45. The van der Waals surface area contributed by atoms with Crippen molar-refractivity contribution >= 4 is 15.9 Å². The lowest BCUT2D eigenvalue weighted by atomic mass is 10.2. The quantitative estimate of drug-likeness (QED) is 0.684. The average molecular weight is 368 g/mol. The van der Waals surface area contributed by atoms with E-state index in [9.17, 15) is 26.4 Å². The van der Waals surface area contributed by atoms with Crippen LogP contribution in [0, 0.1) is 0 Å². The van der Waals surface area contributed by atoms with E-state index in [1.165, 1.54) is 24.3 Å². The van der Waals surface area contributed by atoms with Gasteiger partial charge in [-0.2, -0.15) is 13.2 Å². The number of hydrogen-bond acceptors (Lipinski definition) is 4. The summed E-state index contributed by atoms with van der Waals surface area (Å²) in [6, 6.07) is 4.93. The number of alkyl halides is 3. The van der Waals surface area contributed by atoms with E-state index >= 15 is 0 Å². The molecule has 10 heteroatoms. The number of sulfonamides is 1. The van der Waals surface area contributed by atoms with Crippen LogP contribution in [-0.2, 0) is 14.8 Å². The average Bonchev–Trinajstić information content (AvgIpc) is 2.44. The Labute approximate surface area is 138 Å². The van der Waals surface area contributed by atoms with Crippen molar-refractivity contribution in [2.45, 2.75) is 31.0 Å². The van der Waals surface area contributed by atoms with Crippen molar-refractivity contribution in [3.63, 3.8) is 0 Å². The zero-order valence-corrected chi connectivity index (χ0v) is 14.0. The van der Waals surface area contributed by atoms with Gasteiger partial charge in [0.25, 0.3) is 5.91 Å². The number of nitrogens with one attached hydrogen (secondary N) is 2. The number of amides is 1. The van der Waals surface area contributed by atoms with Crippen molar-refractivity contribution in [2.24, 2.45) is 0 Å². The first-order valence-corrected chi connectivity index (χ1v) is 8.55. The minimum absolute atomic E-state index is 0.0151. The second-order valence-electron chi connectivity index (χ2n) is 5.22. The Morgan fingerprint density at radius 3 is 2.29 bits per heavy atom. The summed E-state index contributed by atoms with van der Waals surface area (Å²) in [5, 5.41) is 2.38. The molecule has 0 unspecified atom stereocenters. The Bertz CT molecular complexity index is 643. The molecule has 0 radical (unpaired) electrons. The third kappa shape index (κ3) is 7.28. The maximum atomic E-state index is 11.9. The molecule has 0 bridgehead atoms. The molecule has 0 atom stereocenters. The van der Waals surface area contributed by atoms with Gasteiger partial charge in [-0.25, -0.2) is 13.1 Å². The molecule has 0 aliphatic carbocycles. The lowest BCUT2D eigenvalue weighted by Crippen LogP contribution is -2.30. The number of carbonyl (C=O) groups excluding carboxylic acids is 1. The lowest BCUT2D eigenvalue weighted by Gasteiger charge is -2.10. The highest BCUT2D eigenvalue weighted by molar-refractivity contribution is 7.89. The lowest BCUT2D eigenvalue weighted by molar-refractivity contribution is -0.173. The van der Waals surface area contributed by atoms with Gasteiger partial charge >= 0.3 is 6.18 Å². The van der Waals surface area contributed by atoms with E-state index in [1.54, 1.807) is 13.8 Å². The summed E-state index contributed by atoms with van der Waals surface area (Å²) in [4.78, 5) is 11.8. The molecular formula is C14H19F3N2O4S. The van der Waals surface area contributed by atoms with E-state index in [0.717, 1.165) is 0 Å². The summed E-state index contributed by atoms with van der Waals surface area (Å²) in [6.07, 6.45) is -4.41. The molecule has 0 fully saturated rings. The smallest absolute Gasteiger partial charge is 0.370 e. The number of carbonyl (C=O) groups is 1. The zero-order valence-electron chi connectivity index (χ0n) is 13.2. The van der Waals surface area contributed by atoms with Gasteiger partial charge in [-0.3, -0.25) is 4.79 Å². The van der Waals surface area contributed by atoms with Gasteiger partial charge in [0.15, 0.2) is 0 Å². The molecule has 1 aromatic carbocycles. The first-order valence-electron chi connectivity index (χ1n) is 7.06. The molecule has 1 aromatic rings. The number of ether oxygens (including phenoxy) is 1. The van der Waals surface area contributed by atoms with Crippen LogP contribution in [0.3, 0.4) is 0 Å². The molecule has 0 aliphatic rings. The van der Waals surface area contributed by atoms with E-state index in [2.05, 4.69) is 14.8 Å². The molecular weight excluding hydrogens is 349 g/mol. The molecule has 2 N–H and O–H groups in total. The van der Waals surface area contributed by atoms with E-state index in [0.29, 0.717) is 0 Å². The van der Waals surface area contributed by atoms with Crippen LogP contribution in [0.5, 0.6) is 0 Å². The van der Waals surface area contributed by atoms with Gasteiger partial charge in [0.05, 0.1) is 11.5 Å². The maximum absolute atomic E-state index is 11.9. The Morgan fingerprint density at radius 1 is 1.21 bits per heavy atom. The van der Waals surface area contributed by atoms with Gasteiger partial charge in [-0.1, -0.05) is 0 Å². The van der Waals surface area contributed by atoms with E-state index in [1.807, 2.05) is 0 Å². The van der Waals surface area contributed by atoms with Crippen LogP contribution in [-0.4, -0.2) is 46.3 Å². The standard InChI is InChI=1S/C14H19F3N2O4S/c1-10(2)19-24(21,22)12-5-3-11(4-6-12)13(20)18-7-8-23-9-14(15,16)17/h3-6,10,19H,7-9H2,1-2H3,(H,18,20). The highest BCUT2D eigenvalue weighted by Gasteiger charge is 2.27. The second-order valence-corrected chi connectivity index (χ2v) is 6.94. The first kappa shape index (κ1) is 20.4. The predicted molar refractivity (Wildman–Crippen MR) is 81.1 cm³/mol. The van der Waals surface area contributed by atoms with E-state index in [-0.39, 0.29) is 29.7 Å². The van der Waals surface area contributed by atoms with Gasteiger partial charge in [-0.15, -0.1) is 0 Å². The minimum Gasteiger partial charge on any atom is -0.370 e. The Kier molecular flexibility index (Phi) is 7.18. The van der Waals surface area contributed by atoms with Crippen molar-refractivity contribution in [2.75, 3.05) is 19.8 Å². The zero-order chi connectivity index (χ0) is 18.4. The van der Waals surface area contributed by atoms with E-state index in [4.69, 9.17) is 0 Å². The largest absolute Gasteiger partial charge is 0.411 e. The van der Waals surface area contributed by atoms with Crippen LogP contribution in [0.2, 0.25) is 0 Å². The molecule has 0 spiro atoms. The molecule has 1 rings (SSSR count). The highest BCUT2D eigenvalue weighted by Crippen LogP contribution is 2.14. The number of halogens is 3. The van der Waals surface area contributed by atoms with Gasteiger partial charge in [0.2, 0.25) is 10.0 Å². The summed E-state index contributed by atoms with van der Waals surface area (Å²) in [5.74, 6) is -0.536. The minimum atomic E-state index is -4.41. The third-order valence-electron chi connectivity index (χ3n) is 2.62. The summed E-state index contributed by atoms with van der Waals surface area (Å²) >= 11 is 0. The molecule has 6 nitrogen and oxygen atoms in total. The van der Waals surface area contributed by atoms with Crippen LogP contribution >= 0.6 is 0 Å². The fourth-order valence-electron chi connectivity index (χ4n) is 1.69. The number of hydrogen-bond donors (Lipinski definition) is 2. The molecule has 24 heavy (non-hydrogen) atoms. The van der Waals surface area contributed by atoms with Crippen LogP contribution in [0.15, 0.2) is 29.2 Å². The molecule has 136 valence electrons.